The lowest BCUT2D eigenvalue weighted by atomic mass is 9.98. The number of hydrogen-bond donors (Lipinski definition) is 3. The molecule has 1 aromatic rings. The number of unbranched alkanes of at least 4 members (excludes halogenated alkanes) is 2. The summed E-state index contributed by atoms with van der Waals surface area (Å²) in [6.45, 7) is 7.39. The zero-order chi connectivity index (χ0) is 25.1. The molecule has 0 spiro atoms. The van der Waals surface area contributed by atoms with Gasteiger partial charge in [0.2, 0.25) is 17.7 Å². The van der Waals surface area contributed by atoms with E-state index in [0.717, 1.165) is 24.8 Å². The first-order chi connectivity index (χ1) is 16.2. The molecule has 0 saturated carbocycles. The van der Waals surface area contributed by atoms with Gasteiger partial charge in [-0.15, -0.1) is 0 Å². The number of hydrogen-bond acceptors (Lipinski definition) is 6. The van der Waals surface area contributed by atoms with Crippen molar-refractivity contribution in [2.75, 3.05) is 0 Å². The van der Waals surface area contributed by atoms with E-state index >= 15 is 0 Å². The number of rotatable bonds is 8. The average molecular weight is 475 g/mol. The number of aromatic nitrogens is 1. The van der Waals surface area contributed by atoms with Gasteiger partial charge in [-0.25, -0.2) is 4.79 Å². The Morgan fingerprint density at radius 3 is 2.50 bits per heavy atom. The van der Waals surface area contributed by atoms with E-state index in [1.807, 2.05) is 19.9 Å². The second-order valence-electron chi connectivity index (χ2n) is 9.05. The lowest BCUT2D eigenvalue weighted by Crippen LogP contribution is -2.55. The number of amides is 3. The first-order valence-corrected chi connectivity index (χ1v) is 12.2. The van der Waals surface area contributed by atoms with Crippen LogP contribution in [0, 0.1) is 5.92 Å². The lowest BCUT2D eigenvalue weighted by Gasteiger charge is -2.26. The number of pyridine rings is 1. The van der Waals surface area contributed by atoms with Crippen molar-refractivity contribution in [2.24, 2.45) is 5.92 Å². The first-order valence-electron chi connectivity index (χ1n) is 12.2. The molecule has 2 rings (SSSR count). The van der Waals surface area contributed by atoms with Crippen LogP contribution in [0.1, 0.15) is 71.8 Å². The summed E-state index contributed by atoms with van der Waals surface area (Å²) in [5.74, 6) is -2.07. The van der Waals surface area contributed by atoms with Gasteiger partial charge in [0.05, 0.1) is 6.42 Å². The smallest absolute Gasteiger partial charge is 0.329 e. The molecular formula is C25H38N4O5. The van der Waals surface area contributed by atoms with Gasteiger partial charge in [-0.2, -0.15) is 0 Å². The molecule has 1 aliphatic heterocycles. The monoisotopic (exact) mass is 474 g/mol. The number of cyclic esters (lactones) is 1. The Morgan fingerprint density at radius 2 is 1.85 bits per heavy atom. The summed E-state index contributed by atoms with van der Waals surface area (Å²) >= 11 is 0. The van der Waals surface area contributed by atoms with Crippen molar-refractivity contribution in [3.05, 3.63) is 30.1 Å². The summed E-state index contributed by atoms with van der Waals surface area (Å²) in [4.78, 5) is 55.9. The highest BCUT2D eigenvalue weighted by molar-refractivity contribution is 5.94. The third-order valence-corrected chi connectivity index (χ3v) is 6.16. The second-order valence-corrected chi connectivity index (χ2v) is 9.05. The van der Waals surface area contributed by atoms with E-state index in [-0.39, 0.29) is 24.7 Å². The fraction of sp³-hybridized carbons (Fsp3) is 0.640. The highest BCUT2D eigenvalue weighted by Gasteiger charge is 2.33. The number of nitrogens with one attached hydrogen (secondary N) is 3. The van der Waals surface area contributed by atoms with Crippen LogP contribution in [0.5, 0.6) is 0 Å². The maximum atomic E-state index is 13.0. The van der Waals surface area contributed by atoms with Gasteiger partial charge in [0, 0.05) is 18.8 Å². The Morgan fingerprint density at radius 1 is 1.09 bits per heavy atom. The summed E-state index contributed by atoms with van der Waals surface area (Å²) in [6, 6.07) is 0.908. The van der Waals surface area contributed by atoms with Crippen molar-refractivity contribution in [1.29, 1.82) is 0 Å². The molecule has 1 fully saturated rings. The van der Waals surface area contributed by atoms with E-state index < -0.39 is 42.0 Å². The predicted molar refractivity (Wildman–Crippen MR) is 128 cm³/mol. The van der Waals surface area contributed by atoms with Gasteiger partial charge in [0.15, 0.2) is 0 Å². The van der Waals surface area contributed by atoms with Crippen molar-refractivity contribution in [3.63, 3.8) is 0 Å². The molecule has 0 unspecified atom stereocenters. The van der Waals surface area contributed by atoms with Gasteiger partial charge >= 0.3 is 5.97 Å². The normalized spacial score (nSPS) is 25.5. The predicted octanol–water partition coefficient (Wildman–Crippen LogP) is 2.04. The minimum Gasteiger partial charge on any atom is -0.460 e. The molecule has 1 aliphatic rings. The summed E-state index contributed by atoms with van der Waals surface area (Å²) in [5, 5.41) is 8.18. The molecule has 9 nitrogen and oxygen atoms in total. The molecule has 3 amide bonds. The van der Waals surface area contributed by atoms with E-state index in [2.05, 4.69) is 27.9 Å². The van der Waals surface area contributed by atoms with E-state index in [0.29, 0.717) is 12.8 Å². The molecule has 2 heterocycles. The quantitative estimate of drug-likeness (QED) is 0.391. The molecule has 34 heavy (non-hydrogen) atoms. The lowest BCUT2D eigenvalue weighted by molar-refractivity contribution is -0.156. The van der Waals surface area contributed by atoms with Gasteiger partial charge < -0.3 is 20.7 Å². The van der Waals surface area contributed by atoms with Gasteiger partial charge in [-0.1, -0.05) is 46.1 Å². The third kappa shape index (κ3) is 8.43. The number of ether oxygens (including phenoxy) is 1. The van der Waals surface area contributed by atoms with Crippen LogP contribution in [0.4, 0.5) is 0 Å². The number of carbonyl (C=O) groups excluding carboxylic acids is 4. The second kappa shape index (κ2) is 13.7. The van der Waals surface area contributed by atoms with Crippen LogP contribution in [0.2, 0.25) is 0 Å². The van der Waals surface area contributed by atoms with Gasteiger partial charge in [0.1, 0.15) is 24.2 Å². The molecule has 3 N–H and O–H groups in total. The molecule has 0 aromatic carbocycles. The standard InChI is InChI=1S/C25H38N4O5/c1-5-7-8-11-19-14-21(30)28-20(13-18-10-9-12-26-15-18)24(32)27-17(4)23(31)29-22(16(3)6-2)25(33)34-19/h9-10,12,15-17,19-20,22H,5-8,11,13-14H2,1-4H3,(H,27,32)(H,28,30)(H,29,31)/t16-,17-,19+,20-,22+/m0/s1. The van der Waals surface area contributed by atoms with Crippen LogP contribution in [-0.4, -0.2) is 52.9 Å². The van der Waals surface area contributed by atoms with E-state index in [1.165, 1.54) is 0 Å². The fourth-order valence-corrected chi connectivity index (χ4v) is 3.81. The first kappa shape index (κ1) is 27.3. The van der Waals surface area contributed by atoms with Crippen LogP contribution >= 0.6 is 0 Å². The Kier molecular flexibility index (Phi) is 11.0. The summed E-state index contributed by atoms with van der Waals surface area (Å²) in [7, 11) is 0. The molecule has 1 saturated heterocycles. The molecule has 0 radical (unpaired) electrons. The molecule has 188 valence electrons. The molecule has 0 bridgehead atoms. The summed E-state index contributed by atoms with van der Waals surface area (Å²) in [6.07, 6.45) is 6.71. The van der Waals surface area contributed by atoms with E-state index in [9.17, 15) is 19.2 Å². The zero-order valence-corrected chi connectivity index (χ0v) is 20.6. The molecule has 5 atom stereocenters. The molecular weight excluding hydrogens is 436 g/mol. The number of nitrogens with zero attached hydrogens (tertiary/aromatic N) is 1. The fourth-order valence-electron chi connectivity index (χ4n) is 3.81. The number of carbonyl (C=O) groups is 4. The van der Waals surface area contributed by atoms with Crippen molar-refractivity contribution in [2.45, 2.75) is 96.9 Å². The minimum atomic E-state index is -0.902. The van der Waals surface area contributed by atoms with Crippen LogP contribution in [0.25, 0.3) is 0 Å². The van der Waals surface area contributed by atoms with Crippen molar-refractivity contribution >= 4 is 23.7 Å². The minimum absolute atomic E-state index is 0.0526. The molecule has 0 aliphatic carbocycles. The van der Waals surface area contributed by atoms with Crippen LogP contribution in [0.15, 0.2) is 24.5 Å². The van der Waals surface area contributed by atoms with E-state index in [4.69, 9.17) is 4.74 Å². The number of esters is 1. The maximum Gasteiger partial charge on any atom is 0.329 e. The third-order valence-electron chi connectivity index (χ3n) is 6.16. The Balaban J connectivity index is 2.32. The Labute approximate surface area is 201 Å². The average Bonchev–Trinajstić information content (AvgIpc) is 2.81. The van der Waals surface area contributed by atoms with Crippen molar-refractivity contribution in [3.8, 4) is 0 Å². The Bertz CT molecular complexity index is 832. The van der Waals surface area contributed by atoms with Gasteiger partial charge in [0.25, 0.3) is 0 Å². The highest BCUT2D eigenvalue weighted by Crippen LogP contribution is 2.16. The van der Waals surface area contributed by atoms with Crippen LogP contribution in [-0.2, 0) is 30.3 Å². The van der Waals surface area contributed by atoms with E-state index in [1.54, 1.807) is 25.4 Å². The maximum absolute atomic E-state index is 13.0. The van der Waals surface area contributed by atoms with Crippen LogP contribution < -0.4 is 16.0 Å². The zero-order valence-electron chi connectivity index (χ0n) is 20.6. The summed E-state index contributed by atoms with van der Waals surface area (Å²) in [5.41, 5.74) is 0.770. The van der Waals surface area contributed by atoms with Crippen LogP contribution in [0.3, 0.4) is 0 Å². The van der Waals surface area contributed by atoms with Gasteiger partial charge in [-0.3, -0.25) is 19.4 Å². The summed E-state index contributed by atoms with van der Waals surface area (Å²) < 4.78 is 5.75. The molecule has 1 aromatic heterocycles. The van der Waals surface area contributed by atoms with Crippen molar-refractivity contribution in [1.82, 2.24) is 20.9 Å². The topological polar surface area (TPSA) is 126 Å². The van der Waals surface area contributed by atoms with Crippen molar-refractivity contribution < 1.29 is 23.9 Å². The Hall–Kier alpha value is -2.97. The SMILES string of the molecule is CCCCC[C@@H]1CC(=O)N[C@@H](Cc2cccnc2)C(=O)N[C@@H](C)C(=O)N[C@H]([C@@H](C)CC)C(=O)O1. The molecule has 9 heteroatoms. The van der Waals surface area contributed by atoms with Gasteiger partial charge in [-0.05, 0) is 37.3 Å². The highest BCUT2D eigenvalue weighted by atomic mass is 16.5. The largest absolute Gasteiger partial charge is 0.460 e.